The third-order valence-corrected chi connectivity index (χ3v) is 4.45. The van der Waals surface area contributed by atoms with Crippen LogP contribution in [0.25, 0.3) is 0 Å². The number of carboxylic acids is 1. The lowest BCUT2D eigenvalue weighted by Gasteiger charge is -2.33. The van der Waals surface area contributed by atoms with Gasteiger partial charge in [0.15, 0.2) is 0 Å². The molecule has 0 aromatic heterocycles. The minimum absolute atomic E-state index is 0.0307. The number of hydrogen-bond acceptors (Lipinski definition) is 2. The summed E-state index contributed by atoms with van der Waals surface area (Å²) in [7, 11) is 1.73. The van der Waals surface area contributed by atoms with Gasteiger partial charge < -0.3 is 10.0 Å². The van der Waals surface area contributed by atoms with Gasteiger partial charge in [0.1, 0.15) is 0 Å². The van der Waals surface area contributed by atoms with E-state index in [1.165, 1.54) is 0 Å². The van der Waals surface area contributed by atoms with Crippen LogP contribution < -0.4 is 0 Å². The maximum absolute atomic E-state index is 12.2. The van der Waals surface area contributed by atoms with Crippen molar-refractivity contribution in [3.8, 4) is 0 Å². The normalized spacial score (nSPS) is 23.0. The maximum Gasteiger partial charge on any atom is 0.308 e. The van der Waals surface area contributed by atoms with Crippen molar-refractivity contribution >= 4 is 11.9 Å². The number of carbonyl (C=O) groups excluding carboxylic acids is 1. The first kappa shape index (κ1) is 15.5. The summed E-state index contributed by atoms with van der Waals surface area (Å²) >= 11 is 0. The van der Waals surface area contributed by atoms with E-state index < -0.39 is 11.9 Å². The van der Waals surface area contributed by atoms with Crippen molar-refractivity contribution in [2.24, 2.45) is 5.92 Å². The van der Waals surface area contributed by atoms with Crippen molar-refractivity contribution in [2.75, 3.05) is 7.05 Å². The Balaban J connectivity index is 2.59. The second-order valence-electron chi connectivity index (χ2n) is 6.10. The van der Waals surface area contributed by atoms with Gasteiger partial charge in [0.25, 0.3) is 0 Å². The zero-order valence-electron chi connectivity index (χ0n) is 13.1. The summed E-state index contributed by atoms with van der Waals surface area (Å²) in [6, 6.07) is 3.74. The Hall–Kier alpha value is -1.84. The molecule has 0 bridgehead atoms. The SMILES string of the molecule is Cc1cc(C)c(C2C(C(=O)O)CCCC(=O)N2C)c(C)c1. The van der Waals surface area contributed by atoms with E-state index in [1.54, 1.807) is 11.9 Å². The summed E-state index contributed by atoms with van der Waals surface area (Å²) in [6.45, 7) is 6.02. The van der Waals surface area contributed by atoms with Crippen molar-refractivity contribution in [1.29, 1.82) is 0 Å². The fraction of sp³-hybridized carbons (Fsp3) is 0.529. The van der Waals surface area contributed by atoms with E-state index in [1.807, 2.05) is 20.8 Å². The summed E-state index contributed by atoms with van der Waals surface area (Å²) < 4.78 is 0. The highest BCUT2D eigenvalue weighted by Gasteiger charge is 2.38. The molecule has 0 saturated carbocycles. The molecule has 1 saturated heterocycles. The number of carbonyl (C=O) groups is 2. The smallest absolute Gasteiger partial charge is 0.308 e. The second-order valence-corrected chi connectivity index (χ2v) is 6.10. The number of hydrogen-bond donors (Lipinski definition) is 1. The van der Waals surface area contributed by atoms with Crippen LogP contribution in [0, 0.1) is 26.7 Å². The van der Waals surface area contributed by atoms with Crippen LogP contribution in [0.3, 0.4) is 0 Å². The fourth-order valence-corrected chi connectivity index (χ4v) is 3.54. The Bertz CT molecular complexity index is 556. The van der Waals surface area contributed by atoms with Gasteiger partial charge >= 0.3 is 5.97 Å². The molecule has 1 amide bonds. The zero-order valence-corrected chi connectivity index (χ0v) is 13.1. The van der Waals surface area contributed by atoms with Crippen LogP contribution in [-0.4, -0.2) is 28.9 Å². The molecule has 4 nitrogen and oxygen atoms in total. The summed E-state index contributed by atoms with van der Waals surface area (Å²) in [5.41, 5.74) is 4.27. The highest BCUT2D eigenvalue weighted by atomic mass is 16.4. The molecule has 1 N–H and O–H groups in total. The predicted octanol–water partition coefficient (Wildman–Crippen LogP) is 3.00. The predicted molar refractivity (Wildman–Crippen MR) is 81.1 cm³/mol. The van der Waals surface area contributed by atoms with Crippen molar-refractivity contribution in [2.45, 2.75) is 46.1 Å². The van der Waals surface area contributed by atoms with Gasteiger partial charge in [0.05, 0.1) is 12.0 Å². The zero-order chi connectivity index (χ0) is 15.7. The molecule has 0 aliphatic carbocycles. The molecule has 21 heavy (non-hydrogen) atoms. The van der Waals surface area contributed by atoms with Gasteiger partial charge in [0, 0.05) is 13.5 Å². The topological polar surface area (TPSA) is 57.6 Å². The van der Waals surface area contributed by atoms with Crippen molar-refractivity contribution in [1.82, 2.24) is 4.90 Å². The minimum atomic E-state index is -0.819. The third kappa shape index (κ3) is 2.94. The van der Waals surface area contributed by atoms with Crippen LogP contribution >= 0.6 is 0 Å². The quantitative estimate of drug-likeness (QED) is 0.910. The van der Waals surface area contributed by atoms with E-state index in [0.717, 1.165) is 22.3 Å². The molecule has 1 aromatic carbocycles. The Kier molecular flexibility index (Phi) is 4.35. The lowest BCUT2D eigenvalue weighted by molar-refractivity contribution is -0.145. The Morgan fingerprint density at radius 3 is 2.33 bits per heavy atom. The minimum Gasteiger partial charge on any atom is -0.481 e. The lowest BCUT2D eigenvalue weighted by Crippen LogP contribution is -2.37. The molecule has 2 atom stereocenters. The molecule has 114 valence electrons. The number of aliphatic carboxylic acids is 1. The van der Waals surface area contributed by atoms with Gasteiger partial charge in [-0.1, -0.05) is 17.7 Å². The summed E-state index contributed by atoms with van der Waals surface area (Å²) in [5.74, 6) is -1.33. The fourth-order valence-electron chi connectivity index (χ4n) is 3.54. The van der Waals surface area contributed by atoms with Crippen LogP contribution in [0.1, 0.15) is 47.6 Å². The second kappa shape index (κ2) is 5.88. The standard InChI is InChI=1S/C17H23NO3/c1-10-8-11(2)15(12(3)9-10)16-13(17(20)21)6-5-7-14(19)18(16)4/h8-9,13,16H,5-7H2,1-4H3,(H,20,21). The molecule has 1 fully saturated rings. The van der Waals surface area contributed by atoms with Crippen molar-refractivity contribution in [3.63, 3.8) is 0 Å². The molecular formula is C17H23NO3. The molecule has 1 aromatic rings. The number of nitrogens with zero attached hydrogens (tertiary/aromatic N) is 1. The van der Waals surface area contributed by atoms with Crippen LogP contribution in [-0.2, 0) is 9.59 Å². The average molecular weight is 289 g/mol. The Labute approximate surface area is 125 Å². The molecule has 2 rings (SSSR count). The molecule has 4 heteroatoms. The largest absolute Gasteiger partial charge is 0.481 e. The van der Waals surface area contributed by atoms with Crippen molar-refractivity contribution in [3.05, 3.63) is 34.4 Å². The van der Waals surface area contributed by atoms with E-state index >= 15 is 0 Å². The van der Waals surface area contributed by atoms with Gasteiger partial charge in [-0.3, -0.25) is 9.59 Å². The van der Waals surface area contributed by atoms with Crippen LogP contribution in [0.4, 0.5) is 0 Å². The van der Waals surface area contributed by atoms with Gasteiger partial charge in [-0.15, -0.1) is 0 Å². The van der Waals surface area contributed by atoms with Gasteiger partial charge in [0.2, 0.25) is 5.91 Å². The first-order valence-corrected chi connectivity index (χ1v) is 7.39. The molecule has 1 heterocycles. The molecule has 1 aliphatic rings. The maximum atomic E-state index is 12.2. The van der Waals surface area contributed by atoms with Crippen molar-refractivity contribution < 1.29 is 14.7 Å². The first-order chi connectivity index (χ1) is 9.82. The van der Waals surface area contributed by atoms with Crippen LogP contribution in [0.15, 0.2) is 12.1 Å². The summed E-state index contributed by atoms with van der Waals surface area (Å²) in [5, 5.41) is 9.60. The van der Waals surface area contributed by atoms with Crippen LogP contribution in [0.2, 0.25) is 0 Å². The number of carboxylic acid groups (broad SMARTS) is 1. The molecular weight excluding hydrogens is 266 g/mol. The molecule has 2 unspecified atom stereocenters. The van der Waals surface area contributed by atoms with Gasteiger partial charge in [-0.05, 0) is 50.3 Å². The number of likely N-dealkylation sites (tertiary alicyclic amines) is 1. The van der Waals surface area contributed by atoms with Crippen LogP contribution in [0.5, 0.6) is 0 Å². The summed E-state index contributed by atoms with van der Waals surface area (Å²) in [6.07, 6.45) is 1.62. The molecule has 0 radical (unpaired) electrons. The van der Waals surface area contributed by atoms with Gasteiger partial charge in [-0.2, -0.15) is 0 Å². The number of rotatable bonds is 2. The van der Waals surface area contributed by atoms with E-state index in [4.69, 9.17) is 0 Å². The lowest BCUT2D eigenvalue weighted by atomic mass is 9.84. The highest BCUT2D eigenvalue weighted by Crippen LogP contribution is 2.38. The number of amides is 1. The highest BCUT2D eigenvalue weighted by molar-refractivity contribution is 5.79. The van der Waals surface area contributed by atoms with E-state index in [2.05, 4.69) is 12.1 Å². The first-order valence-electron chi connectivity index (χ1n) is 7.39. The third-order valence-electron chi connectivity index (χ3n) is 4.45. The van der Waals surface area contributed by atoms with E-state index in [-0.39, 0.29) is 11.9 Å². The summed E-state index contributed by atoms with van der Waals surface area (Å²) in [4.78, 5) is 25.5. The monoisotopic (exact) mass is 289 g/mol. The molecule has 0 spiro atoms. The Morgan fingerprint density at radius 2 is 1.81 bits per heavy atom. The number of benzene rings is 1. The Morgan fingerprint density at radius 1 is 1.24 bits per heavy atom. The number of aryl methyl sites for hydroxylation is 3. The van der Waals surface area contributed by atoms with E-state index in [9.17, 15) is 14.7 Å². The van der Waals surface area contributed by atoms with E-state index in [0.29, 0.717) is 19.3 Å². The van der Waals surface area contributed by atoms with Gasteiger partial charge in [-0.25, -0.2) is 0 Å². The average Bonchev–Trinajstić information content (AvgIpc) is 2.51. The molecule has 1 aliphatic heterocycles.